The molecule has 0 unspecified atom stereocenters. The average Bonchev–Trinajstić information content (AvgIpc) is 2.48. The van der Waals surface area contributed by atoms with Crippen LogP contribution in [-0.2, 0) is 11.2 Å². The van der Waals surface area contributed by atoms with Crippen molar-refractivity contribution in [2.45, 2.75) is 12.8 Å². The lowest BCUT2D eigenvalue weighted by Crippen LogP contribution is -1.88. The lowest BCUT2D eigenvalue weighted by molar-refractivity contribution is -0.107. The summed E-state index contributed by atoms with van der Waals surface area (Å²) in [5.41, 5.74) is 2.07. The van der Waals surface area contributed by atoms with Gasteiger partial charge in [0.05, 0.1) is 0 Å². The Balaban J connectivity index is 2.55. The molecule has 0 saturated heterocycles. The number of rotatable bonds is 1. The van der Waals surface area contributed by atoms with E-state index in [1.54, 1.807) is 6.07 Å². The lowest BCUT2D eigenvalue weighted by atomic mass is 10.1. The number of halogens is 3. The molecule has 1 aliphatic carbocycles. The summed E-state index contributed by atoms with van der Waals surface area (Å²) in [5, 5.41) is -0.209. The maximum absolute atomic E-state index is 13.4. The summed E-state index contributed by atoms with van der Waals surface area (Å²) < 4.78 is 13.4. The zero-order valence-corrected chi connectivity index (χ0v) is 9.20. The van der Waals surface area contributed by atoms with E-state index in [1.807, 2.05) is 0 Å². The number of carbonyl (C=O) groups excluding carboxylic acids is 1. The van der Waals surface area contributed by atoms with E-state index in [2.05, 4.69) is 0 Å². The number of hydrogen-bond acceptors (Lipinski definition) is 1. The standard InChI is InChI=1S/C11H7Cl2FO/c12-7-4-9-6(3-11(13)15)1-2-8(9)10(14)5-7/h3-5H,1-2H2/b6-3+. The molecule has 1 aromatic carbocycles. The molecule has 0 radical (unpaired) electrons. The zero-order valence-electron chi connectivity index (χ0n) is 7.69. The fraction of sp³-hybridized carbons (Fsp3) is 0.182. The highest BCUT2D eigenvalue weighted by Gasteiger charge is 2.20. The first-order valence-electron chi connectivity index (χ1n) is 4.46. The van der Waals surface area contributed by atoms with Crippen molar-refractivity contribution in [1.29, 1.82) is 0 Å². The minimum atomic E-state index is -0.543. The van der Waals surface area contributed by atoms with E-state index in [4.69, 9.17) is 23.2 Å². The van der Waals surface area contributed by atoms with Crippen LogP contribution in [0.25, 0.3) is 5.57 Å². The van der Waals surface area contributed by atoms with E-state index in [-0.39, 0.29) is 5.82 Å². The molecule has 0 aromatic heterocycles. The molecule has 2 rings (SSSR count). The first-order chi connectivity index (χ1) is 7.08. The molecule has 78 valence electrons. The fourth-order valence-corrected chi connectivity index (χ4v) is 2.16. The highest BCUT2D eigenvalue weighted by atomic mass is 35.5. The van der Waals surface area contributed by atoms with E-state index >= 15 is 0 Å². The van der Waals surface area contributed by atoms with Crippen molar-refractivity contribution >= 4 is 34.0 Å². The smallest absolute Gasteiger partial charge is 0.245 e. The minimum Gasteiger partial charge on any atom is -0.276 e. The Morgan fingerprint density at radius 3 is 2.80 bits per heavy atom. The van der Waals surface area contributed by atoms with E-state index in [9.17, 15) is 9.18 Å². The van der Waals surface area contributed by atoms with Gasteiger partial charge in [0.2, 0.25) is 5.24 Å². The summed E-state index contributed by atoms with van der Waals surface area (Å²) >= 11 is 11.0. The molecule has 4 heteroatoms. The van der Waals surface area contributed by atoms with Crippen LogP contribution < -0.4 is 0 Å². The number of allylic oxidation sites excluding steroid dienone is 2. The maximum Gasteiger partial charge on any atom is 0.245 e. The van der Waals surface area contributed by atoms with Gasteiger partial charge in [-0.05, 0) is 53.3 Å². The SMILES string of the molecule is O=C(Cl)/C=C1\CCc2c(F)cc(Cl)cc21. The van der Waals surface area contributed by atoms with Crippen molar-refractivity contribution in [3.63, 3.8) is 0 Å². The Labute approximate surface area is 96.5 Å². The molecular weight excluding hydrogens is 238 g/mol. The Morgan fingerprint density at radius 2 is 2.13 bits per heavy atom. The monoisotopic (exact) mass is 244 g/mol. The predicted molar refractivity (Wildman–Crippen MR) is 58.6 cm³/mol. The summed E-state index contributed by atoms with van der Waals surface area (Å²) in [4.78, 5) is 10.7. The summed E-state index contributed by atoms with van der Waals surface area (Å²) in [6.45, 7) is 0. The summed E-state index contributed by atoms with van der Waals surface area (Å²) in [5.74, 6) is -0.317. The molecule has 1 nitrogen and oxygen atoms in total. The zero-order chi connectivity index (χ0) is 11.0. The van der Waals surface area contributed by atoms with Crippen molar-refractivity contribution in [1.82, 2.24) is 0 Å². The van der Waals surface area contributed by atoms with E-state index in [0.29, 0.717) is 29.0 Å². The number of hydrogen-bond donors (Lipinski definition) is 0. The van der Waals surface area contributed by atoms with Gasteiger partial charge in [-0.1, -0.05) is 11.6 Å². The van der Waals surface area contributed by atoms with Crippen molar-refractivity contribution in [3.05, 3.63) is 40.2 Å². The lowest BCUT2D eigenvalue weighted by Gasteiger charge is -2.02. The molecule has 0 fully saturated rings. The van der Waals surface area contributed by atoms with Gasteiger partial charge in [0, 0.05) is 11.1 Å². The van der Waals surface area contributed by atoms with Gasteiger partial charge >= 0.3 is 0 Å². The van der Waals surface area contributed by atoms with Crippen LogP contribution in [0.5, 0.6) is 0 Å². The molecule has 0 saturated carbocycles. The van der Waals surface area contributed by atoms with Gasteiger partial charge in [-0.2, -0.15) is 0 Å². The summed E-state index contributed by atoms with van der Waals surface area (Å²) in [6, 6.07) is 2.95. The molecule has 0 bridgehead atoms. The van der Waals surface area contributed by atoms with Crippen LogP contribution in [0.1, 0.15) is 17.5 Å². The van der Waals surface area contributed by atoms with Gasteiger partial charge in [-0.15, -0.1) is 0 Å². The third kappa shape index (κ3) is 2.06. The van der Waals surface area contributed by atoms with Gasteiger partial charge in [0.1, 0.15) is 5.82 Å². The van der Waals surface area contributed by atoms with Gasteiger partial charge in [0.25, 0.3) is 0 Å². The van der Waals surface area contributed by atoms with E-state index in [1.165, 1.54) is 12.1 Å². The maximum atomic E-state index is 13.4. The third-order valence-electron chi connectivity index (χ3n) is 2.44. The van der Waals surface area contributed by atoms with Gasteiger partial charge < -0.3 is 0 Å². The van der Waals surface area contributed by atoms with E-state index < -0.39 is 5.24 Å². The molecule has 0 amide bonds. The number of benzene rings is 1. The van der Waals surface area contributed by atoms with Crippen LogP contribution in [0.4, 0.5) is 4.39 Å². The van der Waals surface area contributed by atoms with Crippen LogP contribution in [-0.4, -0.2) is 5.24 Å². The summed E-state index contributed by atoms with van der Waals surface area (Å²) in [7, 11) is 0. The molecule has 1 aromatic rings. The Kier molecular flexibility index (Phi) is 2.81. The topological polar surface area (TPSA) is 17.1 Å². The normalized spacial score (nSPS) is 16.9. The van der Waals surface area contributed by atoms with Crippen molar-refractivity contribution in [3.8, 4) is 0 Å². The molecule has 0 N–H and O–H groups in total. The molecule has 1 aliphatic rings. The predicted octanol–water partition coefficient (Wildman–Crippen LogP) is 3.57. The Bertz CT molecular complexity index is 466. The van der Waals surface area contributed by atoms with Crippen molar-refractivity contribution in [2.75, 3.05) is 0 Å². The molecular formula is C11H7Cl2FO. The highest BCUT2D eigenvalue weighted by Crippen LogP contribution is 2.35. The second-order valence-electron chi connectivity index (χ2n) is 3.39. The van der Waals surface area contributed by atoms with Crippen molar-refractivity contribution in [2.24, 2.45) is 0 Å². The Hall–Kier alpha value is -0.860. The molecule has 0 heterocycles. The Morgan fingerprint density at radius 1 is 1.40 bits per heavy atom. The first-order valence-corrected chi connectivity index (χ1v) is 5.22. The van der Waals surface area contributed by atoms with Crippen LogP contribution in [0.2, 0.25) is 5.02 Å². The van der Waals surface area contributed by atoms with Crippen LogP contribution in [0.15, 0.2) is 18.2 Å². The molecule has 0 aliphatic heterocycles. The first kappa shape index (κ1) is 10.7. The number of fused-ring (bicyclic) bond motifs is 1. The summed E-state index contributed by atoms with van der Waals surface area (Å²) in [6.07, 6.45) is 2.54. The fourth-order valence-electron chi connectivity index (χ4n) is 1.83. The second kappa shape index (κ2) is 3.95. The van der Waals surface area contributed by atoms with Crippen LogP contribution >= 0.6 is 23.2 Å². The number of carbonyl (C=O) groups is 1. The highest BCUT2D eigenvalue weighted by molar-refractivity contribution is 6.67. The van der Waals surface area contributed by atoms with Crippen LogP contribution in [0.3, 0.4) is 0 Å². The molecule has 0 spiro atoms. The molecule has 0 atom stereocenters. The minimum absolute atomic E-state index is 0.317. The van der Waals surface area contributed by atoms with Crippen LogP contribution in [0, 0.1) is 5.82 Å². The van der Waals surface area contributed by atoms with Gasteiger partial charge in [-0.25, -0.2) is 4.39 Å². The van der Waals surface area contributed by atoms with E-state index in [0.717, 1.165) is 5.57 Å². The van der Waals surface area contributed by atoms with Crippen molar-refractivity contribution < 1.29 is 9.18 Å². The van der Waals surface area contributed by atoms with Gasteiger partial charge in [0.15, 0.2) is 0 Å². The van der Waals surface area contributed by atoms with Gasteiger partial charge in [-0.3, -0.25) is 4.79 Å². The third-order valence-corrected chi connectivity index (χ3v) is 2.77. The average molecular weight is 245 g/mol. The largest absolute Gasteiger partial charge is 0.276 e. The second-order valence-corrected chi connectivity index (χ2v) is 4.20. The molecule has 15 heavy (non-hydrogen) atoms. The quantitative estimate of drug-likeness (QED) is 0.546.